The Morgan fingerprint density at radius 1 is 0.295 bits per heavy atom. The highest BCUT2D eigenvalue weighted by Gasteiger charge is 2.50. The lowest BCUT2D eigenvalue weighted by molar-refractivity contribution is 0.249. The molecule has 20 rings (SSSR count). The number of fused-ring (bicyclic) bond motifs is 8. The third-order valence-corrected chi connectivity index (χ3v) is 20.3. The van der Waals surface area contributed by atoms with Gasteiger partial charge < -0.3 is 24.5 Å². The van der Waals surface area contributed by atoms with Gasteiger partial charge in [-0.3, -0.25) is 0 Å². The van der Waals surface area contributed by atoms with Crippen molar-refractivity contribution in [3.63, 3.8) is 0 Å². The van der Waals surface area contributed by atoms with E-state index >= 15 is 0 Å². The Morgan fingerprint density at radius 3 is 1.23 bits per heavy atom. The fraction of sp³-hybridized carbons (Fsp3) is 0.0864. The summed E-state index contributed by atoms with van der Waals surface area (Å²) in [6, 6.07) is 109. The third kappa shape index (κ3) is 7.43. The Hall–Kier alpha value is -10.5. The van der Waals surface area contributed by atoms with E-state index in [0.29, 0.717) is 12.1 Å². The van der Waals surface area contributed by atoms with Crippen LogP contribution in [0.3, 0.4) is 0 Å². The second kappa shape index (κ2) is 19.5. The van der Waals surface area contributed by atoms with E-state index in [9.17, 15) is 0 Å². The van der Waals surface area contributed by atoms with Gasteiger partial charge in [-0.15, -0.1) is 0 Å². The first-order chi connectivity index (χ1) is 43.7. The maximum Gasteiger partial charge on any atom is 0.252 e. The molecule has 1 saturated carbocycles. The van der Waals surface area contributed by atoms with E-state index in [0.717, 1.165) is 29.4 Å². The van der Waals surface area contributed by atoms with Crippen molar-refractivity contribution < 1.29 is 0 Å². The summed E-state index contributed by atoms with van der Waals surface area (Å²) in [5, 5.41) is 0. The van der Waals surface area contributed by atoms with Crippen LogP contribution in [-0.2, 0) is 0 Å². The van der Waals surface area contributed by atoms with Crippen molar-refractivity contribution in [3.8, 4) is 33.4 Å². The second-order valence-electron chi connectivity index (χ2n) is 25.1. The van der Waals surface area contributed by atoms with Crippen LogP contribution in [0.2, 0.25) is 0 Å². The number of nitrogens with zero attached hydrogens (tertiary/aromatic N) is 5. The van der Waals surface area contributed by atoms with Crippen LogP contribution < -0.4 is 57.3 Å². The topological polar surface area (TPSA) is 16.2 Å². The quantitative estimate of drug-likeness (QED) is 0.111. The highest BCUT2D eigenvalue weighted by Crippen LogP contribution is 2.55. The predicted molar refractivity (Wildman–Crippen MR) is 371 cm³/mol. The van der Waals surface area contributed by atoms with Gasteiger partial charge in [-0.05, 0) is 165 Å². The van der Waals surface area contributed by atoms with Crippen molar-refractivity contribution >= 4 is 120 Å². The first-order valence-electron chi connectivity index (χ1n) is 31.5. The van der Waals surface area contributed by atoms with Gasteiger partial charge in [0.1, 0.15) is 0 Å². The molecule has 0 aromatic heterocycles. The molecule has 12 aromatic carbocycles. The van der Waals surface area contributed by atoms with Gasteiger partial charge in [0, 0.05) is 91.5 Å². The van der Waals surface area contributed by atoms with Crippen LogP contribution in [0.15, 0.2) is 297 Å². The van der Waals surface area contributed by atoms with Crippen molar-refractivity contribution in [2.45, 2.75) is 37.8 Å². The molecule has 2 aliphatic carbocycles. The average molecular weight is 1120 g/mol. The molecule has 3 atom stereocenters. The van der Waals surface area contributed by atoms with Gasteiger partial charge in [-0.25, -0.2) is 0 Å². The minimum atomic E-state index is -0.127. The van der Waals surface area contributed by atoms with Gasteiger partial charge in [0.25, 0.3) is 13.4 Å². The molecule has 6 heterocycles. The summed E-state index contributed by atoms with van der Waals surface area (Å²) in [6.45, 7) is -0.240. The standard InChI is InChI=1S/C81H59B2N5/c1-7-24-55(25-8-1)58-47-75-79-76(48-58)87(61-34-17-6-18-35-61)73-52-74-70(51-69(73)82(79)67-38-19-21-40-71(67)85(75)59-30-13-4-14-31-59)83-68-39-20-22-41-72(68)86(60-32-15-5-16-33-60)77-49-64(84-62-43-53-42-54(45-62)46-63(84)44-53)50-78(80(77)83)88(74)81-65(56-26-9-2-10-27-56)36-23-37-66(81)57-28-11-3-12-29-57/h1-41,43,47-52,54,62-63H,42,44-46H2. The normalized spacial score (nSPS) is 17.6. The lowest BCUT2D eigenvalue weighted by atomic mass is 9.30. The van der Waals surface area contributed by atoms with Crippen molar-refractivity contribution in [3.05, 3.63) is 297 Å². The van der Waals surface area contributed by atoms with Crippen LogP contribution in [0, 0.1) is 5.92 Å². The van der Waals surface area contributed by atoms with Gasteiger partial charge in [-0.1, -0.05) is 218 Å². The van der Waals surface area contributed by atoms with Gasteiger partial charge in [0.15, 0.2) is 0 Å². The summed E-state index contributed by atoms with van der Waals surface area (Å²) in [5.41, 5.74) is 32.1. The van der Waals surface area contributed by atoms with Crippen molar-refractivity contribution in [1.82, 2.24) is 0 Å². The number of hydrogen-bond acceptors (Lipinski definition) is 5. The maximum atomic E-state index is 2.85. The SMILES string of the molecule is C1=C2CC3CC1N(c1cc4c5c(c1)N(c1c(-c6ccccc6)cccc1-c1ccccc1)c1cc6c(cc1B5c1ccccc1N4c1ccccc1)B1c4ccccc4N(c4ccccc4)c4cc(-c5ccccc5)cc(c41)N6c1ccccc1)C(C2)C3. The monoisotopic (exact) mass is 1120 g/mol. The number of hydrogen-bond donors (Lipinski definition) is 0. The maximum absolute atomic E-state index is 2.85. The molecule has 0 N–H and O–H groups in total. The summed E-state index contributed by atoms with van der Waals surface area (Å²) >= 11 is 0. The zero-order chi connectivity index (χ0) is 57.6. The first-order valence-corrected chi connectivity index (χ1v) is 31.5. The van der Waals surface area contributed by atoms with E-state index in [1.54, 1.807) is 5.57 Å². The minimum absolute atomic E-state index is 0.113. The molecule has 0 spiro atoms. The molecular formula is C81H59B2N5. The van der Waals surface area contributed by atoms with Crippen molar-refractivity contribution in [2.75, 3.05) is 24.5 Å². The van der Waals surface area contributed by atoms with E-state index in [2.05, 4.69) is 316 Å². The first kappa shape index (κ1) is 49.7. The Labute approximate surface area is 515 Å². The van der Waals surface area contributed by atoms with E-state index in [-0.39, 0.29) is 13.4 Å². The smallest absolute Gasteiger partial charge is 0.252 e. The van der Waals surface area contributed by atoms with Crippen LogP contribution in [0.5, 0.6) is 0 Å². The largest absolute Gasteiger partial charge is 0.362 e. The Bertz CT molecular complexity index is 4750. The van der Waals surface area contributed by atoms with Crippen LogP contribution in [0.25, 0.3) is 33.4 Å². The molecule has 5 nitrogen and oxygen atoms in total. The number of para-hydroxylation sites is 6. The molecule has 6 aliphatic heterocycles. The van der Waals surface area contributed by atoms with Gasteiger partial charge in [-0.2, -0.15) is 0 Å². The summed E-state index contributed by atoms with van der Waals surface area (Å²) in [5.74, 6) is 0.754. The molecule has 0 amide bonds. The minimum Gasteiger partial charge on any atom is -0.362 e. The molecule has 414 valence electrons. The average Bonchev–Trinajstić information content (AvgIpc) is 0.721. The predicted octanol–water partition coefficient (Wildman–Crippen LogP) is 16.5. The molecule has 7 heteroatoms. The molecule has 88 heavy (non-hydrogen) atoms. The van der Waals surface area contributed by atoms with E-state index in [1.807, 2.05) is 0 Å². The molecular weight excluding hydrogens is 1060 g/mol. The Morgan fingerprint density at radius 2 is 0.727 bits per heavy atom. The molecule has 0 radical (unpaired) electrons. The highest BCUT2D eigenvalue weighted by atomic mass is 15.2. The number of piperidine rings is 1. The number of anilines is 13. The number of rotatable bonds is 8. The molecule has 2 fully saturated rings. The van der Waals surface area contributed by atoms with Gasteiger partial charge in [0.2, 0.25) is 0 Å². The summed E-state index contributed by atoms with van der Waals surface area (Å²) < 4.78 is 0. The van der Waals surface area contributed by atoms with Crippen molar-refractivity contribution in [2.24, 2.45) is 5.92 Å². The molecule has 3 unspecified atom stereocenters. The Balaban J connectivity index is 0.970. The highest BCUT2D eigenvalue weighted by molar-refractivity contribution is 7.03. The second-order valence-corrected chi connectivity index (χ2v) is 25.1. The fourth-order valence-electron chi connectivity index (χ4n) is 17.0. The zero-order valence-corrected chi connectivity index (χ0v) is 48.7. The van der Waals surface area contributed by atoms with Gasteiger partial charge >= 0.3 is 0 Å². The fourth-order valence-corrected chi connectivity index (χ4v) is 17.0. The molecule has 8 aliphatic rings. The summed E-state index contributed by atoms with van der Waals surface area (Å²) in [7, 11) is 0. The van der Waals surface area contributed by atoms with Gasteiger partial charge in [0.05, 0.1) is 5.69 Å². The Kier molecular flexibility index (Phi) is 11.0. The van der Waals surface area contributed by atoms with Crippen LogP contribution in [0.1, 0.15) is 25.7 Å². The van der Waals surface area contributed by atoms with Crippen LogP contribution >= 0.6 is 0 Å². The lowest BCUT2D eigenvalue weighted by Crippen LogP contribution is -2.65. The molecule has 4 bridgehead atoms. The van der Waals surface area contributed by atoms with E-state index in [4.69, 9.17) is 0 Å². The van der Waals surface area contributed by atoms with Crippen LogP contribution in [0.4, 0.5) is 73.9 Å². The van der Waals surface area contributed by atoms with Crippen molar-refractivity contribution in [1.29, 1.82) is 0 Å². The zero-order valence-electron chi connectivity index (χ0n) is 48.7. The third-order valence-electron chi connectivity index (χ3n) is 20.3. The molecule has 12 aromatic rings. The lowest BCUT2D eigenvalue weighted by Gasteiger charge is -2.54. The molecule has 1 saturated heterocycles. The summed E-state index contributed by atoms with van der Waals surface area (Å²) in [4.78, 5) is 13.4. The number of benzene rings is 12. The van der Waals surface area contributed by atoms with E-state index < -0.39 is 0 Å². The van der Waals surface area contributed by atoms with Crippen LogP contribution in [-0.4, -0.2) is 25.5 Å². The summed E-state index contributed by atoms with van der Waals surface area (Å²) in [6.07, 6.45) is 7.49. The van der Waals surface area contributed by atoms with E-state index in [1.165, 1.54) is 142 Å².